The summed E-state index contributed by atoms with van der Waals surface area (Å²) in [6.45, 7) is 2.80. The maximum absolute atomic E-state index is 13.6. The van der Waals surface area contributed by atoms with Crippen molar-refractivity contribution in [2.75, 3.05) is 0 Å². The molecule has 0 unspecified atom stereocenters. The molecular formula is C12H13FN4OS. The lowest BCUT2D eigenvalue weighted by Gasteiger charge is -2.11. The van der Waals surface area contributed by atoms with E-state index in [0.29, 0.717) is 18.1 Å². The third-order valence-electron chi connectivity index (χ3n) is 2.57. The van der Waals surface area contributed by atoms with E-state index in [1.165, 1.54) is 18.5 Å². The standard InChI is InChI=1S/C12H13FN4OS/c1-2-17-10(15-7-16-17)6-18-9-5-3-4-8(13)11(9)12(14)19/h3-5,7H,2,6H2,1H3,(H2,14,19). The van der Waals surface area contributed by atoms with Gasteiger partial charge in [0, 0.05) is 6.54 Å². The molecule has 1 aromatic heterocycles. The molecule has 100 valence electrons. The van der Waals surface area contributed by atoms with Gasteiger partial charge in [-0.2, -0.15) is 5.10 Å². The van der Waals surface area contributed by atoms with Gasteiger partial charge in [0.2, 0.25) is 0 Å². The van der Waals surface area contributed by atoms with Crippen molar-refractivity contribution >= 4 is 17.2 Å². The van der Waals surface area contributed by atoms with Crippen LogP contribution in [0.3, 0.4) is 0 Å². The number of benzene rings is 1. The van der Waals surface area contributed by atoms with Crippen molar-refractivity contribution in [3.63, 3.8) is 0 Å². The van der Waals surface area contributed by atoms with Gasteiger partial charge in [-0.3, -0.25) is 0 Å². The highest BCUT2D eigenvalue weighted by atomic mass is 32.1. The van der Waals surface area contributed by atoms with Crippen molar-refractivity contribution in [2.45, 2.75) is 20.1 Å². The van der Waals surface area contributed by atoms with Crippen molar-refractivity contribution < 1.29 is 9.13 Å². The second kappa shape index (κ2) is 5.75. The summed E-state index contributed by atoms with van der Waals surface area (Å²) in [5, 5.41) is 4.02. The van der Waals surface area contributed by atoms with Gasteiger partial charge in [-0.1, -0.05) is 18.3 Å². The molecule has 2 aromatic rings. The van der Waals surface area contributed by atoms with Gasteiger partial charge >= 0.3 is 0 Å². The van der Waals surface area contributed by atoms with Crippen LogP contribution in [0.15, 0.2) is 24.5 Å². The first kappa shape index (κ1) is 13.4. The first-order valence-electron chi connectivity index (χ1n) is 5.71. The molecule has 0 aliphatic carbocycles. The average molecular weight is 280 g/mol. The molecule has 0 bridgehead atoms. The predicted octanol–water partition coefficient (Wildman–Crippen LogP) is 1.65. The van der Waals surface area contributed by atoms with E-state index >= 15 is 0 Å². The number of aryl methyl sites for hydroxylation is 1. The Morgan fingerprint density at radius 3 is 3.00 bits per heavy atom. The minimum absolute atomic E-state index is 0.0370. The zero-order valence-electron chi connectivity index (χ0n) is 10.3. The molecule has 0 atom stereocenters. The Morgan fingerprint density at radius 1 is 1.53 bits per heavy atom. The minimum Gasteiger partial charge on any atom is -0.485 e. The molecule has 0 saturated carbocycles. The largest absolute Gasteiger partial charge is 0.485 e. The molecule has 1 heterocycles. The number of hydrogen-bond donors (Lipinski definition) is 1. The van der Waals surface area contributed by atoms with Gasteiger partial charge in [-0.15, -0.1) is 0 Å². The van der Waals surface area contributed by atoms with Gasteiger partial charge in [0.15, 0.2) is 5.82 Å². The maximum atomic E-state index is 13.6. The van der Waals surface area contributed by atoms with E-state index in [1.807, 2.05) is 6.92 Å². The van der Waals surface area contributed by atoms with E-state index in [0.717, 1.165) is 0 Å². The smallest absolute Gasteiger partial charge is 0.164 e. The average Bonchev–Trinajstić information content (AvgIpc) is 2.83. The lowest BCUT2D eigenvalue weighted by molar-refractivity contribution is 0.285. The lowest BCUT2D eigenvalue weighted by Crippen LogP contribution is -2.15. The molecule has 19 heavy (non-hydrogen) atoms. The Balaban J connectivity index is 2.20. The Hall–Kier alpha value is -2.02. The Bertz CT molecular complexity index is 599. The van der Waals surface area contributed by atoms with Crippen LogP contribution in [0.4, 0.5) is 4.39 Å². The zero-order chi connectivity index (χ0) is 13.8. The number of nitrogens with two attached hydrogens (primary N) is 1. The van der Waals surface area contributed by atoms with Gasteiger partial charge in [-0.25, -0.2) is 14.1 Å². The van der Waals surface area contributed by atoms with E-state index < -0.39 is 5.82 Å². The van der Waals surface area contributed by atoms with Crippen LogP contribution < -0.4 is 10.5 Å². The van der Waals surface area contributed by atoms with Gasteiger partial charge < -0.3 is 10.5 Å². The third-order valence-corrected chi connectivity index (χ3v) is 2.78. The van der Waals surface area contributed by atoms with Crippen LogP contribution in [0, 0.1) is 5.82 Å². The van der Waals surface area contributed by atoms with Crippen molar-refractivity contribution in [2.24, 2.45) is 5.73 Å². The van der Waals surface area contributed by atoms with Gasteiger partial charge in [0.05, 0.1) is 5.56 Å². The normalized spacial score (nSPS) is 10.4. The van der Waals surface area contributed by atoms with Crippen LogP contribution in [0.5, 0.6) is 5.75 Å². The highest BCUT2D eigenvalue weighted by Crippen LogP contribution is 2.22. The van der Waals surface area contributed by atoms with E-state index in [4.69, 9.17) is 22.7 Å². The van der Waals surface area contributed by atoms with Crippen LogP contribution in [0.2, 0.25) is 0 Å². The summed E-state index contributed by atoms with van der Waals surface area (Å²) < 4.78 is 20.9. The highest BCUT2D eigenvalue weighted by Gasteiger charge is 2.13. The fourth-order valence-electron chi connectivity index (χ4n) is 1.67. The van der Waals surface area contributed by atoms with E-state index in [-0.39, 0.29) is 17.2 Å². The summed E-state index contributed by atoms with van der Waals surface area (Å²) >= 11 is 4.82. The number of hydrogen-bond acceptors (Lipinski definition) is 4. The van der Waals surface area contributed by atoms with E-state index in [2.05, 4.69) is 10.1 Å². The van der Waals surface area contributed by atoms with Crippen LogP contribution in [0.1, 0.15) is 18.3 Å². The Morgan fingerprint density at radius 2 is 2.32 bits per heavy atom. The van der Waals surface area contributed by atoms with Crippen molar-refractivity contribution in [3.05, 3.63) is 41.7 Å². The summed E-state index contributed by atoms with van der Waals surface area (Å²) in [6.07, 6.45) is 1.45. The van der Waals surface area contributed by atoms with Crippen LogP contribution >= 0.6 is 12.2 Å². The third kappa shape index (κ3) is 2.87. The van der Waals surface area contributed by atoms with Gasteiger partial charge in [0.25, 0.3) is 0 Å². The molecule has 0 aliphatic heterocycles. The second-order valence-electron chi connectivity index (χ2n) is 3.76. The molecule has 0 radical (unpaired) electrons. The number of ether oxygens (including phenoxy) is 1. The van der Waals surface area contributed by atoms with Gasteiger partial charge in [0.1, 0.15) is 29.5 Å². The number of rotatable bonds is 5. The molecule has 7 heteroatoms. The first-order chi connectivity index (χ1) is 9.13. The second-order valence-corrected chi connectivity index (χ2v) is 4.20. The fourth-order valence-corrected chi connectivity index (χ4v) is 1.87. The van der Waals surface area contributed by atoms with Crippen LogP contribution in [-0.2, 0) is 13.2 Å². The molecule has 0 saturated heterocycles. The maximum Gasteiger partial charge on any atom is 0.164 e. The van der Waals surface area contributed by atoms with Crippen LogP contribution in [0.25, 0.3) is 0 Å². The highest BCUT2D eigenvalue weighted by molar-refractivity contribution is 7.80. The number of halogens is 1. The van der Waals surface area contributed by atoms with E-state index in [1.54, 1.807) is 10.7 Å². The van der Waals surface area contributed by atoms with Gasteiger partial charge in [-0.05, 0) is 19.1 Å². The molecular weight excluding hydrogens is 267 g/mol. The molecule has 1 aromatic carbocycles. The van der Waals surface area contributed by atoms with Crippen molar-refractivity contribution in [1.29, 1.82) is 0 Å². The number of aromatic nitrogens is 3. The SMILES string of the molecule is CCn1ncnc1COc1cccc(F)c1C(N)=S. The summed E-state index contributed by atoms with van der Waals surface area (Å²) in [5.74, 6) is 0.459. The predicted molar refractivity (Wildman–Crippen MR) is 72.3 cm³/mol. The summed E-state index contributed by atoms with van der Waals surface area (Å²) in [7, 11) is 0. The topological polar surface area (TPSA) is 66.0 Å². The summed E-state index contributed by atoms with van der Waals surface area (Å²) in [5.41, 5.74) is 5.61. The molecule has 2 rings (SSSR count). The van der Waals surface area contributed by atoms with Crippen molar-refractivity contribution in [1.82, 2.24) is 14.8 Å². The molecule has 0 aliphatic rings. The molecule has 0 amide bonds. The monoisotopic (exact) mass is 280 g/mol. The Kier molecular flexibility index (Phi) is 4.06. The molecule has 0 spiro atoms. The fraction of sp³-hybridized carbons (Fsp3) is 0.250. The van der Waals surface area contributed by atoms with E-state index in [9.17, 15) is 4.39 Å². The zero-order valence-corrected chi connectivity index (χ0v) is 11.2. The molecule has 0 fully saturated rings. The number of thiocarbonyl (C=S) groups is 1. The summed E-state index contributed by atoms with van der Waals surface area (Å²) in [6, 6.07) is 4.44. The molecule has 5 nitrogen and oxygen atoms in total. The Labute approximate surface area is 115 Å². The number of nitrogens with zero attached hydrogens (tertiary/aromatic N) is 3. The first-order valence-corrected chi connectivity index (χ1v) is 6.12. The van der Waals surface area contributed by atoms with Crippen LogP contribution in [-0.4, -0.2) is 19.8 Å². The quantitative estimate of drug-likeness (QED) is 0.844. The molecule has 2 N–H and O–H groups in total. The van der Waals surface area contributed by atoms with Crippen molar-refractivity contribution in [3.8, 4) is 5.75 Å². The lowest BCUT2D eigenvalue weighted by atomic mass is 10.2. The minimum atomic E-state index is -0.498. The summed E-state index contributed by atoms with van der Waals surface area (Å²) in [4.78, 5) is 4.03.